The average molecular weight is 328 g/mol. The first-order valence-corrected chi connectivity index (χ1v) is 8.33. The number of carbonyl (C=O) groups is 1. The van der Waals surface area contributed by atoms with Crippen LogP contribution in [0.5, 0.6) is 5.75 Å². The molecule has 24 heavy (non-hydrogen) atoms. The zero-order valence-electron chi connectivity index (χ0n) is 13.3. The van der Waals surface area contributed by atoms with Crippen molar-refractivity contribution in [3.63, 3.8) is 0 Å². The van der Waals surface area contributed by atoms with Crippen LogP contribution < -0.4 is 4.74 Å². The normalized spacial score (nSPS) is 24.2. The summed E-state index contributed by atoms with van der Waals surface area (Å²) in [5.41, 5.74) is 0.795. The Morgan fingerprint density at radius 2 is 2.12 bits per heavy atom. The number of benzene rings is 1. The third-order valence-electron chi connectivity index (χ3n) is 4.62. The number of carboxylic acids is 1. The van der Waals surface area contributed by atoms with E-state index in [9.17, 15) is 9.90 Å². The molecule has 0 spiro atoms. The smallest absolute Gasteiger partial charge is 0.321 e. The molecule has 1 saturated carbocycles. The van der Waals surface area contributed by atoms with Gasteiger partial charge in [-0.15, -0.1) is 0 Å². The van der Waals surface area contributed by atoms with Gasteiger partial charge in [0.25, 0.3) is 0 Å². The molecule has 1 saturated heterocycles. The van der Waals surface area contributed by atoms with Gasteiger partial charge in [-0.3, -0.25) is 9.69 Å². The van der Waals surface area contributed by atoms with Gasteiger partial charge in [0.2, 0.25) is 0 Å². The van der Waals surface area contributed by atoms with E-state index >= 15 is 0 Å². The monoisotopic (exact) mass is 328 g/mol. The molecule has 1 N–H and O–H groups in total. The van der Waals surface area contributed by atoms with Gasteiger partial charge in [-0.25, -0.2) is 0 Å². The van der Waals surface area contributed by atoms with E-state index in [-0.39, 0.29) is 6.10 Å². The molecule has 2 fully saturated rings. The van der Waals surface area contributed by atoms with Crippen molar-refractivity contribution in [1.82, 2.24) is 10.1 Å². The molecule has 2 atom stereocenters. The van der Waals surface area contributed by atoms with E-state index in [0.29, 0.717) is 25.4 Å². The molecule has 1 aromatic heterocycles. The third kappa shape index (κ3) is 3.28. The Bertz CT molecular complexity index is 711. The maximum absolute atomic E-state index is 11.6. The summed E-state index contributed by atoms with van der Waals surface area (Å²) in [5.74, 6) is 1.38. The first-order chi connectivity index (χ1) is 11.7. The van der Waals surface area contributed by atoms with Gasteiger partial charge in [-0.1, -0.05) is 23.4 Å². The summed E-state index contributed by atoms with van der Waals surface area (Å²) < 4.78 is 11.3. The van der Waals surface area contributed by atoms with Crippen LogP contribution in [0.1, 0.15) is 36.6 Å². The third-order valence-corrected chi connectivity index (χ3v) is 4.62. The molecule has 1 aliphatic carbocycles. The highest BCUT2D eigenvalue weighted by molar-refractivity contribution is 5.74. The zero-order chi connectivity index (χ0) is 16.5. The summed E-state index contributed by atoms with van der Waals surface area (Å²) in [4.78, 5) is 13.5. The van der Waals surface area contributed by atoms with Crippen LogP contribution in [0, 0.1) is 0 Å². The molecule has 0 amide bonds. The van der Waals surface area contributed by atoms with Crippen LogP contribution in [0.3, 0.4) is 0 Å². The number of hydrogen-bond donors (Lipinski definition) is 1. The van der Waals surface area contributed by atoms with E-state index < -0.39 is 12.0 Å². The van der Waals surface area contributed by atoms with E-state index in [1.807, 2.05) is 41.3 Å². The average Bonchev–Trinajstić information content (AvgIpc) is 3.19. The highest BCUT2D eigenvalue weighted by atomic mass is 16.5. The van der Waals surface area contributed by atoms with Gasteiger partial charge in [0.1, 0.15) is 23.7 Å². The molecule has 1 aromatic carbocycles. The van der Waals surface area contributed by atoms with Gasteiger partial charge in [0.05, 0.1) is 5.69 Å². The maximum atomic E-state index is 11.6. The van der Waals surface area contributed by atoms with Gasteiger partial charge in [-0.05, 0) is 25.0 Å². The van der Waals surface area contributed by atoms with Crippen molar-refractivity contribution in [3.05, 3.63) is 47.9 Å². The summed E-state index contributed by atoms with van der Waals surface area (Å²) in [6.45, 7) is 1.04. The predicted molar refractivity (Wildman–Crippen MR) is 85.8 cm³/mol. The first-order valence-electron chi connectivity index (χ1n) is 8.33. The second kappa shape index (κ2) is 6.28. The fourth-order valence-corrected chi connectivity index (χ4v) is 3.24. The number of carboxylic acid groups (broad SMARTS) is 1. The number of likely N-dealkylation sites (tertiary alicyclic amines) is 1. The quantitative estimate of drug-likeness (QED) is 0.878. The van der Waals surface area contributed by atoms with Gasteiger partial charge < -0.3 is 14.4 Å². The number of aromatic nitrogens is 1. The molecular weight excluding hydrogens is 308 g/mol. The second-order valence-corrected chi connectivity index (χ2v) is 6.57. The fraction of sp³-hybridized carbons (Fsp3) is 0.444. The Morgan fingerprint density at radius 3 is 2.83 bits per heavy atom. The summed E-state index contributed by atoms with van der Waals surface area (Å²) in [7, 11) is 0. The molecule has 1 aliphatic heterocycles. The standard InChI is InChI=1S/C18H20N2O4/c21-18(22)16-9-15(23-14-4-2-1-3-5-14)11-20(16)10-13-8-17(24-19-13)12-6-7-12/h1-5,8,12,15-16H,6-7,9-11H2,(H,21,22)/t15-,16-/m0/s1. The Hall–Kier alpha value is -2.34. The van der Waals surface area contributed by atoms with E-state index in [2.05, 4.69) is 5.16 Å². The molecule has 2 aromatic rings. The minimum Gasteiger partial charge on any atom is -0.489 e. The summed E-state index contributed by atoms with van der Waals surface area (Å²) in [6, 6.07) is 10.9. The molecule has 2 heterocycles. The van der Waals surface area contributed by atoms with Crippen LogP contribution in [0.25, 0.3) is 0 Å². The minimum absolute atomic E-state index is 0.136. The Kier molecular flexibility index (Phi) is 3.98. The molecule has 126 valence electrons. The van der Waals surface area contributed by atoms with E-state index in [1.165, 1.54) is 0 Å². The van der Waals surface area contributed by atoms with E-state index in [0.717, 1.165) is 30.0 Å². The van der Waals surface area contributed by atoms with Crippen molar-refractivity contribution in [3.8, 4) is 5.75 Å². The van der Waals surface area contributed by atoms with Gasteiger partial charge in [-0.2, -0.15) is 0 Å². The lowest BCUT2D eigenvalue weighted by Crippen LogP contribution is -2.35. The SMILES string of the molecule is O=C(O)[C@@H]1C[C@H](Oc2ccccc2)CN1Cc1cc(C2CC2)on1. The summed E-state index contributed by atoms with van der Waals surface area (Å²) in [6.07, 6.45) is 2.65. The summed E-state index contributed by atoms with van der Waals surface area (Å²) >= 11 is 0. The lowest BCUT2D eigenvalue weighted by molar-refractivity contribution is -0.142. The van der Waals surface area contributed by atoms with Gasteiger partial charge in [0.15, 0.2) is 0 Å². The first kappa shape index (κ1) is 15.2. The zero-order valence-corrected chi connectivity index (χ0v) is 13.3. The van der Waals surface area contributed by atoms with Crippen LogP contribution in [-0.2, 0) is 11.3 Å². The van der Waals surface area contributed by atoms with Crippen LogP contribution in [0.15, 0.2) is 40.9 Å². The molecule has 6 heteroatoms. The van der Waals surface area contributed by atoms with Crippen molar-refractivity contribution in [2.45, 2.75) is 43.9 Å². The maximum Gasteiger partial charge on any atom is 0.321 e. The molecule has 0 bridgehead atoms. The molecule has 0 unspecified atom stereocenters. The van der Waals surface area contributed by atoms with Gasteiger partial charge in [0, 0.05) is 31.5 Å². The van der Waals surface area contributed by atoms with Crippen molar-refractivity contribution in [2.24, 2.45) is 0 Å². The lowest BCUT2D eigenvalue weighted by atomic mass is 10.2. The van der Waals surface area contributed by atoms with E-state index in [1.54, 1.807) is 0 Å². The number of nitrogens with zero attached hydrogens (tertiary/aromatic N) is 2. The highest BCUT2D eigenvalue weighted by Crippen LogP contribution is 2.40. The van der Waals surface area contributed by atoms with Crippen molar-refractivity contribution in [2.75, 3.05) is 6.54 Å². The Balaban J connectivity index is 1.43. The van der Waals surface area contributed by atoms with Crippen LogP contribution in [-0.4, -0.2) is 39.8 Å². The molecule has 4 rings (SSSR count). The number of hydrogen-bond acceptors (Lipinski definition) is 5. The predicted octanol–water partition coefficient (Wildman–Crippen LogP) is 2.66. The Morgan fingerprint density at radius 1 is 1.33 bits per heavy atom. The number of ether oxygens (including phenoxy) is 1. The molecule has 6 nitrogen and oxygen atoms in total. The fourth-order valence-electron chi connectivity index (χ4n) is 3.24. The van der Waals surface area contributed by atoms with Gasteiger partial charge >= 0.3 is 5.97 Å². The van der Waals surface area contributed by atoms with Crippen molar-refractivity contribution in [1.29, 1.82) is 0 Å². The van der Waals surface area contributed by atoms with Crippen LogP contribution in [0.4, 0.5) is 0 Å². The number of para-hydroxylation sites is 1. The Labute approximate surface area is 140 Å². The van der Waals surface area contributed by atoms with Crippen molar-refractivity contribution >= 4 is 5.97 Å². The lowest BCUT2D eigenvalue weighted by Gasteiger charge is -2.19. The topological polar surface area (TPSA) is 75.8 Å². The van der Waals surface area contributed by atoms with Crippen LogP contribution in [0.2, 0.25) is 0 Å². The second-order valence-electron chi connectivity index (χ2n) is 6.57. The minimum atomic E-state index is -0.819. The largest absolute Gasteiger partial charge is 0.489 e. The number of aliphatic carboxylic acids is 1. The molecule has 0 radical (unpaired) electrons. The molecule has 2 aliphatic rings. The summed E-state index contributed by atoms with van der Waals surface area (Å²) in [5, 5.41) is 13.6. The number of rotatable bonds is 6. The van der Waals surface area contributed by atoms with Crippen molar-refractivity contribution < 1.29 is 19.2 Å². The van der Waals surface area contributed by atoms with E-state index in [4.69, 9.17) is 9.26 Å². The highest BCUT2D eigenvalue weighted by Gasteiger charge is 2.38. The van der Waals surface area contributed by atoms with Crippen LogP contribution >= 0.6 is 0 Å². The molecular formula is C18H20N2O4.